The summed E-state index contributed by atoms with van der Waals surface area (Å²) in [5, 5.41) is 0. The van der Waals surface area contributed by atoms with Gasteiger partial charge in [-0.15, -0.1) is 0 Å². The smallest absolute Gasteiger partial charge is 0.255 e. The molecule has 15 heavy (non-hydrogen) atoms. The van der Waals surface area contributed by atoms with Crippen LogP contribution in [0.5, 0.6) is 0 Å². The Labute approximate surface area is 88.2 Å². The lowest BCUT2D eigenvalue weighted by molar-refractivity contribution is -0.671. The molecule has 0 aliphatic carbocycles. The summed E-state index contributed by atoms with van der Waals surface area (Å²) >= 11 is 0. The summed E-state index contributed by atoms with van der Waals surface area (Å²) < 4.78 is 3.58. The number of rotatable bonds is 1. The predicted octanol–water partition coefficient (Wildman–Crippen LogP) is 0.970. The van der Waals surface area contributed by atoms with E-state index in [9.17, 15) is 4.79 Å². The SMILES string of the molecule is Cc1ccc(=O)n(-c2cc[n+](C)cc2)c1. The van der Waals surface area contributed by atoms with Crippen LogP contribution in [0.4, 0.5) is 0 Å². The molecule has 3 heteroatoms. The number of hydrogen-bond donors (Lipinski definition) is 0. The molecule has 0 aromatic carbocycles. The highest BCUT2D eigenvalue weighted by molar-refractivity contribution is 5.29. The quantitative estimate of drug-likeness (QED) is 0.631. The van der Waals surface area contributed by atoms with Crippen LogP contribution in [0.25, 0.3) is 5.69 Å². The molecule has 0 radical (unpaired) electrons. The molecule has 0 fully saturated rings. The van der Waals surface area contributed by atoms with Crippen LogP contribution in [0, 0.1) is 6.92 Å². The van der Waals surface area contributed by atoms with Crippen molar-refractivity contribution in [3.8, 4) is 5.69 Å². The Kier molecular flexibility index (Phi) is 2.37. The fourth-order valence-corrected chi connectivity index (χ4v) is 1.45. The van der Waals surface area contributed by atoms with Crippen molar-refractivity contribution in [3.05, 3.63) is 58.8 Å². The van der Waals surface area contributed by atoms with Crippen LogP contribution in [0.3, 0.4) is 0 Å². The van der Waals surface area contributed by atoms with E-state index in [0.717, 1.165) is 11.3 Å². The average molecular weight is 201 g/mol. The van der Waals surface area contributed by atoms with E-state index in [1.807, 2.05) is 55.3 Å². The maximum atomic E-state index is 11.6. The summed E-state index contributed by atoms with van der Waals surface area (Å²) in [6.07, 6.45) is 5.69. The largest absolute Gasteiger partial charge is 0.284 e. The predicted molar refractivity (Wildman–Crippen MR) is 58.0 cm³/mol. The van der Waals surface area contributed by atoms with Crippen molar-refractivity contribution in [1.29, 1.82) is 0 Å². The number of hydrogen-bond acceptors (Lipinski definition) is 1. The molecule has 2 aromatic heterocycles. The van der Waals surface area contributed by atoms with E-state index in [1.54, 1.807) is 10.6 Å². The van der Waals surface area contributed by atoms with Gasteiger partial charge in [-0.3, -0.25) is 9.36 Å². The monoisotopic (exact) mass is 201 g/mol. The van der Waals surface area contributed by atoms with Crippen LogP contribution < -0.4 is 10.1 Å². The number of pyridine rings is 2. The van der Waals surface area contributed by atoms with Gasteiger partial charge < -0.3 is 0 Å². The Balaban J connectivity index is 2.58. The molecule has 0 atom stereocenters. The zero-order valence-electron chi connectivity index (χ0n) is 8.84. The van der Waals surface area contributed by atoms with Gasteiger partial charge in [0, 0.05) is 24.4 Å². The van der Waals surface area contributed by atoms with Crippen LogP contribution in [0.2, 0.25) is 0 Å². The lowest BCUT2D eigenvalue weighted by Gasteiger charge is -2.04. The zero-order valence-corrected chi connectivity index (χ0v) is 8.84. The molecule has 0 saturated carbocycles. The van der Waals surface area contributed by atoms with E-state index in [-0.39, 0.29) is 5.56 Å². The molecule has 2 rings (SSSR count). The first-order valence-corrected chi connectivity index (χ1v) is 4.82. The lowest BCUT2D eigenvalue weighted by Crippen LogP contribution is -2.27. The second-order valence-electron chi connectivity index (χ2n) is 3.64. The fraction of sp³-hybridized carbons (Fsp3) is 0.167. The first-order chi connectivity index (χ1) is 7.16. The van der Waals surface area contributed by atoms with Crippen molar-refractivity contribution in [3.63, 3.8) is 0 Å². The standard InChI is InChI=1S/C12H13N2O/c1-10-3-4-12(15)14(9-10)11-5-7-13(2)8-6-11/h3-9H,1-2H3/q+1. The molecule has 0 aliphatic rings. The Morgan fingerprint density at radius 1 is 1.13 bits per heavy atom. The minimum atomic E-state index is -0.00514. The summed E-state index contributed by atoms with van der Waals surface area (Å²) in [7, 11) is 1.95. The van der Waals surface area contributed by atoms with Crippen molar-refractivity contribution in [2.45, 2.75) is 6.92 Å². The molecule has 3 nitrogen and oxygen atoms in total. The Bertz CT molecular complexity index is 526. The number of aromatic nitrogens is 2. The first kappa shape index (κ1) is 9.65. The third kappa shape index (κ3) is 1.96. The first-order valence-electron chi connectivity index (χ1n) is 4.82. The topological polar surface area (TPSA) is 25.9 Å². The van der Waals surface area contributed by atoms with Crippen LogP contribution in [-0.4, -0.2) is 4.57 Å². The second-order valence-corrected chi connectivity index (χ2v) is 3.64. The van der Waals surface area contributed by atoms with Gasteiger partial charge in [0.15, 0.2) is 12.4 Å². The van der Waals surface area contributed by atoms with Gasteiger partial charge in [-0.05, 0) is 12.5 Å². The zero-order chi connectivity index (χ0) is 10.8. The van der Waals surface area contributed by atoms with E-state index >= 15 is 0 Å². The third-order valence-corrected chi connectivity index (χ3v) is 2.30. The minimum absolute atomic E-state index is 0.00514. The van der Waals surface area contributed by atoms with Crippen molar-refractivity contribution in [2.24, 2.45) is 7.05 Å². The molecule has 0 spiro atoms. The van der Waals surface area contributed by atoms with Crippen molar-refractivity contribution >= 4 is 0 Å². The molecule has 0 saturated heterocycles. The van der Waals surface area contributed by atoms with Crippen LogP contribution in [0.1, 0.15) is 5.56 Å². The Hall–Kier alpha value is -1.90. The summed E-state index contributed by atoms with van der Waals surface area (Å²) in [5.41, 5.74) is 1.96. The van der Waals surface area contributed by atoms with Gasteiger partial charge in [-0.1, -0.05) is 6.07 Å². The normalized spacial score (nSPS) is 10.3. The van der Waals surface area contributed by atoms with E-state index < -0.39 is 0 Å². The summed E-state index contributed by atoms with van der Waals surface area (Å²) in [6, 6.07) is 7.24. The van der Waals surface area contributed by atoms with E-state index in [4.69, 9.17) is 0 Å². The van der Waals surface area contributed by atoms with Gasteiger partial charge in [-0.2, -0.15) is 0 Å². The highest BCUT2D eigenvalue weighted by Crippen LogP contribution is 2.02. The second kappa shape index (κ2) is 3.69. The summed E-state index contributed by atoms with van der Waals surface area (Å²) in [5.74, 6) is 0. The molecule has 0 amide bonds. The van der Waals surface area contributed by atoms with E-state index in [0.29, 0.717) is 0 Å². The van der Waals surface area contributed by atoms with Crippen LogP contribution in [0.15, 0.2) is 47.7 Å². The molecular weight excluding hydrogens is 188 g/mol. The van der Waals surface area contributed by atoms with Crippen LogP contribution >= 0.6 is 0 Å². The van der Waals surface area contributed by atoms with Gasteiger partial charge in [-0.25, -0.2) is 4.57 Å². The fourth-order valence-electron chi connectivity index (χ4n) is 1.45. The summed E-state index contributed by atoms with van der Waals surface area (Å²) in [4.78, 5) is 11.6. The molecule has 2 heterocycles. The molecule has 2 aromatic rings. The molecule has 0 N–H and O–H groups in total. The lowest BCUT2D eigenvalue weighted by atomic mass is 10.3. The van der Waals surface area contributed by atoms with E-state index in [1.165, 1.54) is 0 Å². The average Bonchev–Trinajstić information content (AvgIpc) is 2.23. The maximum absolute atomic E-state index is 11.6. The maximum Gasteiger partial charge on any atom is 0.255 e. The van der Waals surface area contributed by atoms with Gasteiger partial charge in [0.05, 0.1) is 5.69 Å². The minimum Gasteiger partial charge on any atom is -0.284 e. The van der Waals surface area contributed by atoms with Crippen molar-refractivity contribution in [1.82, 2.24) is 4.57 Å². The molecular formula is C12H13N2O+. The van der Waals surface area contributed by atoms with Crippen LogP contribution in [-0.2, 0) is 7.05 Å². The van der Waals surface area contributed by atoms with Gasteiger partial charge in [0.2, 0.25) is 0 Å². The highest BCUT2D eigenvalue weighted by Gasteiger charge is 2.00. The van der Waals surface area contributed by atoms with Gasteiger partial charge >= 0.3 is 0 Å². The van der Waals surface area contributed by atoms with E-state index in [2.05, 4.69) is 0 Å². The Morgan fingerprint density at radius 2 is 1.80 bits per heavy atom. The van der Waals surface area contributed by atoms with Gasteiger partial charge in [0.1, 0.15) is 7.05 Å². The molecule has 0 bridgehead atoms. The third-order valence-electron chi connectivity index (χ3n) is 2.30. The van der Waals surface area contributed by atoms with Crippen molar-refractivity contribution in [2.75, 3.05) is 0 Å². The highest BCUT2D eigenvalue weighted by atomic mass is 16.1. The molecule has 0 aliphatic heterocycles. The van der Waals surface area contributed by atoms with Crippen molar-refractivity contribution < 1.29 is 4.57 Å². The molecule has 76 valence electrons. The number of nitrogens with zero attached hydrogens (tertiary/aromatic N) is 2. The Morgan fingerprint density at radius 3 is 2.47 bits per heavy atom. The molecule has 0 unspecified atom stereocenters. The van der Waals surface area contributed by atoms with Gasteiger partial charge in [0.25, 0.3) is 5.56 Å². The summed E-state index contributed by atoms with van der Waals surface area (Å²) in [6.45, 7) is 1.97. The number of aryl methyl sites for hydroxylation is 2.